The Balaban J connectivity index is 0.00000420. The van der Waals surface area contributed by atoms with Gasteiger partial charge in [0.1, 0.15) is 5.75 Å². The first kappa shape index (κ1) is 24.7. The zero-order valence-electron chi connectivity index (χ0n) is 17.3. The minimum atomic E-state index is -0.0428. The summed E-state index contributed by atoms with van der Waals surface area (Å²) in [6.45, 7) is 6.50. The molecule has 0 saturated carbocycles. The molecule has 0 radical (unpaired) electrons. The molecule has 2 aromatic carbocycles. The van der Waals surface area contributed by atoms with Gasteiger partial charge in [0.05, 0.1) is 6.61 Å². The summed E-state index contributed by atoms with van der Waals surface area (Å²) < 4.78 is 5.66. The number of benzene rings is 2. The Hall–Kier alpha value is -2.29. The van der Waals surface area contributed by atoms with E-state index in [2.05, 4.69) is 20.9 Å². The van der Waals surface area contributed by atoms with E-state index in [-0.39, 0.29) is 29.9 Å². The molecule has 0 bridgehead atoms. The third-order valence-corrected chi connectivity index (χ3v) is 4.13. The predicted molar refractivity (Wildman–Crippen MR) is 129 cm³/mol. The highest BCUT2D eigenvalue weighted by Crippen LogP contribution is 2.17. The first-order valence-electron chi connectivity index (χ1n) is 9.70. The van der Waals surface area contributed by atoms with Gasteiger partial charge in [-0.3, -0.25) is 9.79 Å². The highest BCUT2D eigenvalue weighted by atomic mass is 127. The van der Waals surface area contributed by atoms with E-state index in [9.17, 15) is 4.79 Å². The van der Waals surface area contributed by atoms with Crippen molar-refractivity contribution in [2.45, 2.75) is 33.4 Å². The average Bonchev–Trinajstić information content (AvgIpc) is 2.73. The van der Waals surface area contributed by atoms with Crippen molar-refractivity contribution in [2.75, 3.05) is 20.2 Å². The van der Waals surface area contributed by atoms with Crippen LogP contribution in [0.15, 0.2) is 53.5 Å². The number of hydrogen-bond donors (Lipinski definition) is 3. The smallest absolute Gasteiger partial charge is 0.251 e. The van der Waals surface area contributed by atoms with Crippen LogP contribution in [0.4, 0.5) is 0 Å². The molecule has 2 aromatic rings. The quantitative estimate of drug-likeness (QED) is 0.273. The lowest BCUT2D eigenvalue weighted by molar-refractivity contribution is 0.0953. The monoisotopic (exact) mass is 510 g/mol. The van der Waals surface area contributed by atoms with Gasteiger partial charge < -0.3 is 20.7 Å². The number of guanidine groups is 1. The average molecular weight is 510 g/mol. The number of nitrogens with zero attached hydrogens (tertiary/aromatic N) is 1. The summed E-state index contributed by atoms with van der Waals surface area (Å²) >= 11 is 0. The maximum atomic E-state index is 12.1. The maximum absolute atomic E-state index is 12.1. The second-order valence-corrected chi connectivity index (χ2v) is 6.28. The van der Waals surface area contributed by atoms with Crippen LogP contribution in [0.1, 0.15) is 41.8 Å². The number of para-hydroxylation sites is 1. The number of carbonyl (C=O) groups is 1. The van der Waals surface area contributed by atoms with Crippen LogP contribution in [0.5, 0.6) is 5.75 Å². The molecule has 0 fully saturated rings. The molecule has 2 rings (SSSR count). The van der Waals surface area contributed by atoms with E-state index >= 15 is 0 Å². The summed E-state index contributed by atoms with van der Waals surface area (Å²) in [6, 6.07) is 15.6. The van der Waals surface area contributed by atoms with Gasteiger partial charge in [0.2, 0.25) is 0 Å². The van der Waals surface area contributed by atoms with Gasteiger partial charge in [-0.15, -0.1) is 24.0 Å². The lowest BCUT2D eigenvalue weighted by atomic mass is 10.1. The van der Waals surface area contributed by atoms with Crippen molar-refractivity contribution < 1.29 is 9.53 Å². The molecule has 29 heavy (non-hydrogen) atoms. The standard InChI is InChI=1S/C22H30N4O2.HI/c1-4-13-24-21(27)18-11-8-9-17(14-18)15-25-22(23-3)26-16-19-10-6-7-12-20(19)28-5-2;/h6-12,14H,4-5,13,15-16H2,1-3H3,(H,24,27)(H2,23,25,26);1H. The van der Waals surface area contributed by atoms with Gasteiger partial charge in [-0.25, -0.2) is 0 Å². The lowest BCUT2D eigenvalue weighted by Crippen LogP contribution is -2.36. The van der Waals surface area contributed by atoms with Gasteiger partial charge in [0, 0.05) is 37.8 Å². The summed E-state index contributed by atoms with van der Waals surface area (Å²) in [5.74, 6) is 1.52. The van der Waals surface area contributed by atoms with Crippen molar-refractivity contribution in [1.82, 2.24) is 16.0 Å². The van der Waals surface area contributed by atoms with Gasteiger partial charge in [-0.1, -0.05) is 37.3 Å². The van der Waals surface area contributed by atoms with Crippen LogP contribution in [0.2, 0.25) is 0 Å². The number of ether oxygens (including phenoxy) is 1. The fourth-order valence-corrected chi connectivity index (χ4v) is 2.69. The van der Waals surface area contributed by atoms with E-state index in [1.165, 1.54) is 0 Å². The second-order valence-electron chi connectivity index (χ2n) is 6.28. The topological polar surface area (TPSA) is 74.8 Å². The minimum Gasteiger partial charge on any atom is -0.494 e. The van der Waals surface area contributed by atoms with E-state index in [4.69, 9.17) is 4.74 Å². The predicted octanol–water partition coefficient (Wildman–Crippen LogP) is 3.71. The van der Waals surface area contributed by atoms with Crippen molar-refractivity contribution in [1.29, 1.82) is 0 Å². The molecule has 0 atom stereocenters. The molecule has 0 heterocycles. The molecule has 0 aliphatic rings. The lowest BCUT2D eigenvalue weighted by Gasteiger charge is -2.14. The fourth-order valence-electron chi connectivity index (χ4n) is 2.69. The van der Waals surface area contributed by atoms with Crippen LogP contribution in [-0.4, -0.2) is 32.1 Å². The highest BCUT2D eigenvalue weighted by Gasteiger charge is 2.07. The molecule has 3 N–H and O–H groups in total. The van der Waals surface area contributed by atoms with Crippen molar-refractivity contribution >= 4 is 35.8 Å². The summed E-state index contributed by atoms with van der Waals surface area (Å²) in [7, 11) is 1.73. The SMILES string of the molecule is CCCNC(=O)c1cccc(CNC(=NC)NCc2ccccc2OCC)c1.I. The normalized spacial score (nSPS) is 10.7. The van der Waals surface area contributed by atoms with Crippen LogP contribution < -0.4 is 20.7 Å². The summed E-state index contributed by atoms with van der Waals surface area (Å²) in [6.07, 6.45) is 0.918. The van der Waals surface area contributed by atoms with Crippen LogP contribution in [0.25, 0.3) is 0 Å². The molecule has 1 amide bonds. The molecule has 0 spiro atoms. The number of hydrogen-bond acceptors (Lipinski definition) is 3. The molecular formula is C22H31IN4O2. The molecule has 0 aromatic heterocycles. The number of amides is 1. The number of carbonyl (C=O) groups excluding carboxylic acids is 1. The molecule has 0 aliphatic carbocycles. The zero-order valence-corrected chi connectivity index (χ0v) is 19.7. The Morgan fingerprint density at radius 2 is 1.76 bits per heavy atom. The summed E-state index contributed by atoms with van der Waals surface area (Å²) in [5, 5.41) is 9.48. The Morgan fingerprint density at radius 3 is 2.48 bits per heavy atom. The second kappa shape index (κ2) is 13.8. The van der Waals surface area contributed by atoms with Crippen molar-refractivity contribution in [3.63, 3.8) is 0 Å². The molecule has 0 unspecified atom stereocenters. The van der Waals surface area contributed by atoms with Gasteiger partial charge >= 0.3 is 0 Å². The maximum Gasteiger partial charge on any atom is 0.251 e. The van der Waals surface area contributed by atoms with E-state index < -0.39 is 0 Å². The zero-order chi connectivity index (χ0) is 20.2. The Morgan fingerprint density at radius 1 is 1.00 bits per heavy atom. The van der Waals surface area contributed by atoms with Crippen molar-refractivity contribution in [2.24, 2.45) is 4.99 Å². The number of nitrogens with one attached hydrogen (secondary N) is 3. The molecule has 0 saturated heterocycles. The van der Waals surface area contributed by atoms with E-state index in [0.717, 1.165) is 23.3 Å². The summed E-state index contributed by atoms with van der Waals surface area (Å²) in [5.41, 5.74) is 2.75. The van der Waals surface area contributed by atoms with Gasteiger partial charge in [0.25, 0.3) is 5.91 Å². The Labute approximate surface area is 190 Å². The minimum absolute atomic E-state index is 0. The van der Waals surface area contributed by atoms with Gasteiger partial charge in [0.15, 0.2) is 5.96 Å². The van der Waals surface area contributed by atoms with Crippen LogP contribution >= 0.6 is 24.0 Å². The highest BCUT2D eigenvalue weighted by molar-refractivity contribution is 14.0. The molecule has 6 nitrogen and oxygen atoms in total. The van der Waals surface area contributed by atoms with E-state index in [1.54, 1.807) is 7.05 Å². The van der Waals surface area contributed by atoms with E-state index in [1.807, 2.05) is 62.4 Å². The molecular weight excluding hydrogens is 479 g/mol. The third-order valence-electron chi connectivity index (χ3n) is 4.13. The van der Waals surface area contributed by atoms with Gasteiger partial charge in [-0.05, 0) is 37.1 Å². The van der Waals surface area contributed by atoms with Crippen LogP contribution in [0, 0.1) is 0 Å². The van der Waals surface area contributed by atoms with Crippen molar-refractivity contribution in [3.05, 3.63) is 65.2 Å². The fraction of sp³-hybridized carbons (Fsp3) is 0.364. The third kappa shape index (κ3) is 8.31. The Bertz CT molecular complexity index is 796. The van der Waals surface area contributed by atoms with Crippen LogP contribution in [-0.2, 0) is 13.1 Å². The number of rotatable bonds is 9. The largest absolute Gasteiger partial charge is 0.494 e. The van der Waals surface area contributed by atoms with Crippen molar-refractivity contribution in [3.8, 4) is 5.75 Å². The van der Waals surface area contributed by atoms with E-state index in [0.29, 0.717) is 37.8 Å². The number of halogens is 1. The van der Waals surface area contributed by atoms with Crippen LogP contribution in [0.3, 0.4) is 0 Å². The Kier molecular flexibility index (Phi) is 11.8. The number of aliphatic imine (C=N–C) groups is 1. The first-order chi connectivity index (χ1) is 13.7. The summed E-state index contributed by atoms with van der Waals surface area (Å²) in [4.78, 5) is 16.4. The molecule has 158 valence electrons. The molecule has 0 aliphatic heterocycles. The first-order valence-corrected chi connectivity index (χ1v) is 9.70. The molecule has 7 heteroatoms. The van der Waals surface area contributed by atoms with Gasteiger partial charge in [-0.2, -0.15) is 0 Å².